The maximum absolute atomic E-state index is 10.6. The minimum atomic E-state index is -1.12. The average molecular weight is 338 g/mol. The Morgan fingerprint density at radius 3 is 2.71 bits per heavy atom. The van der Waals surface area contributed by atoms with Gasteiger partial charge in [-0.2, -0.15) is 0 Å². The number of hydrogen-bond acceptors (Lipinski definition) is 5. The van der Waals surface area contributed by atoms with Crippen molar-refractivity contribution >= 4 is 17.3 Å². The summed E-state index contributed by atoms with van der Waals surface area (Å²) in [4.78, 5) is 14.9. The monoisotopic (exact) mass is 338 g/mol. The minimum absolute atomic E-state index is 0.154. The molecule has 0 N–H and O–H groups in total. The molecule has 1 heterocycles. The third-order valence-electron chi connectivity index (χ3n) is 3.47. The number of hydrogen-bond donors (Lipinski definition) is 0. The summed E-state index contributed by atoms with van der Waals surface area (Å²) in [5, 5.41) is 13.2. The lowest BCUT2D eigenvalue weighted by molar-refractivity contribution is -0.304. The van der Waals surface area contributed by atoms with Crippen LogP contribution >= 0.6 is 11.3 Å². The number of rotatable bonds is 6. The van der Waals surface area contributed by atoms with Gasteiger partial charge in [-0.05, 0) is 30.2 Å². The number of carbonyl (C=O) groups is 1. The average Bonchev–Trinajstić information content (AvgIpc) is 3.01. The van der Waals surface area contributed by atoms with E-state index < -0.39 is 5.97 Å². The zero-order chi connectivity index (χ0) is 16.9. The van der Waals surface area contributed by atoms with E-state index in [4.69, 9.17) is 4.74 Å². The maximum atomic E-state index is 10.6. The van der Waals surface area contributed by atoms with Gasteiger partial charge in [0.25, 0.3) is 0 Å². The van der Waals surface area contributed by atoms with Gasteiger partial charge in [-0.3, -0.25) is 0 Å². The molecule has 2 aromatic carbocycles. The molecular formula is C19H16NO3S-. The molecule has 5 heteroatoms. The van der Waals surface area contributed by atoms with Crippen LogP contribution in [0.5, 0.6) is 5.75 Å². The number of nitrogens with zero attached hydrogens (tertiary/aromatic N) is 1. The smallest absolute Gasteiger partial charge is 0.123 e. The van der Waals surface area contributed by atoms with E-state index in [-0.39, 0.29) is 6.42 Å². The van der Waals surface area contributed by atoms with Crippen LogP contribution in [0.15, 0.2) is 53.9 Å². The molecule has 0 aliphatic heterocycles. The molecule has 3 rings (SSSR count). The lowest BCUT2D eigenvalue weighted by Crippen LogP contribution is -2.24. The standard InChI is InChI=1S/C19H17NO3S/c1-13-3-2-4-17(9-13)23-11-14-5-7-15(8-6-14)19-20-16(12-24-19)10-18(21)22/h2-9,12H,10-11H2,1H3,(H,21,22)/p-1. The van der Waals surface area contributed by atoms with E-state index in [1.54, 1.807) is 5.38 Å². The van der Waals surface area contributed by atoms with Crippen molar-refractivity contribution in [1.82, 2.24) is 4.98 Å². The number of ether oxygens (including phenoxy) is 1. The molecule has 0 aliphatic carbocycles. The molecule has 1 aromatic heterocycles. The van der Waals surface area contributed by atoms with E-state index in [0.717, 1.165) is 21.9 Å². The van der Waals surface area contributed by atoms with Crippen LogP contribution in [0.4, 0.5) is 0 Å². The number of thiazole rings is 1. The first-order chi connectivity index (χ1) is 11.6. The fourth-order valence-corrected chi connectivity index (χ4v) is 3.11. The van der Waals surface area contributed by atoms with Crippen LogP contribution in [0.1, 0.15) is 16.8 Å². The summed E-state index contributed by atoms with van der Waals surface area (Å²) < 4.78 is 5.78. The zero-order valence-corrected chi connectivity index (χ0v) is 14.0. The fraction of sp³-hybridized carbons (Fsp3) is 0.158. The number of carbonyl (C=O) groups excluding carboxylic acids is 1. The molecule has 24 heavy (non-hydrogen) atoms. The van der Waals surface area contributed by atoms with Crippen molar-refractivity contribution in [3.05, 3.63) is 70.7 Å². The summed E-state index contributed by atoms with van der Waals surface area (Å²) in [5.74, 6) is -0.263. The van der Waals surface area contributed by atoms with Crippen LogP contribution < -0.4 is 9.84 Å². The predicted octanol–water partition coefficient (Wildman–Crippen LogP) is 2.99. The summed E-state index contributed by atoms with van der Waals surface area (Å²) in [7, 11) is 0. The second-order valence-electron chi connectivity index (χ2n) is 5.49. The van der Waals surface area contributed by atoms with Crippen molar-refractivity contribution in [1.29, 1.82) is 0 Å². The molecule has 3 aromatic rings. The largest absolute Gasteiger partial charge is 0.550 e. The van der Waals surface area contributed by atoms with Crippen LogP contribution in [0.25, 0.3) is 10.6 Å². The van der Waals surface area contributed by atoms with E-state index in [1.165, 1.54) is 16.9 Å². The number of carboxylic acid groups (broad SMARTS) is 1. The molecule has 0 saturated carbocycles. The van der Waals surface area contributed by atoms with Crippen LogP contribution in [0.2, 0.25) is 0 Å². The molecule has 0 atom stereocenters. The summed E-state index contributed by atoms with van der Waals surface area (Å²) >= 11 is 1.43. The zero-order valence-electron chi connectivity index (χ0n) is 13.2. The van der Waals surface area contributed by atoms with Gasteiger partial charge in [0.05, 0.1) is 5.69 Å². The maximum Gasteiger partial charge on any atom is 0.123 e. The van der Waals surface area contributed by atoms with Crippen LogP contribution in [-0.2, 0) is 17.8 Å². The highest BCUT2D eigenvalue weighted by Crippen LogP contribution is 2.24. The predicted molar refractivity (Wildman–Crippen MR) is 91.8 cm³/mol. The molecule has 0 saturated heterocycles. The number of aliphatic carboxylic acids is 1. The van der Waals surface area contributed by atoms with Gasteiger partial charge in [0.15, 0.2) is 0 Å². The molecule has 0 amide bonds. The van der Waals surface area contributed by atoms with Gasteiger partial charge in [0.1, 0.15) is 17.4 Å². The summed E-state index contributed by atoms with van der Waals surface area (Å²) in [5.41, 5.74) is 3.72. The van der Waals surface area contributed by atoms with Crippen LogP contribution in [0.3, 0.4) is 0 Å². The van der Waals surface area contributed by atoms with Gasteiger partial charge in [0.2, 0.25) is 0 Å². The van der Waals surface area contributed by atoms with Gasteiger partial charge in [-0.1, -0.05) is 36.4 Å². The summed E-state index contributed by atoms with van der Waals surface area (Å²) in [6.07, 6.45) is -0.154. The Hall–Kier alpha value is -2.66. The van der Waals surface area contributed by atoms with E-state index in [1.807, 2.05) is 55.5 Å². The Kier molecular flexibility index (Phi) is 4.91. The molecule has 0 bridgehead atoms. The highest BCUT2D eigenvalue weighted by atomic mass is 32.1. The quantitative estimate of drug-likeness (QED) is 0.693. The Labute approximate surface area is 144 Å². The van der Waals surface area contributed by atoms with Crippen LogP contribution in [0, 0.1) is 6.92 Å². The summed E-state index contributed by atoms with van der Waals surface area (Å²) in [6.45, 7) is 2.53. The van der Waals surface area contributed by atoms with Crippen molar-refractivity contribution in [2.75, 3.05) is 0 Å². The first-order valence-corrected chi connectivity index (χ1v) is 8.41. The molecule has 122 valence electrons. The highest BCUT2D eigenvalue weighted by molar-refractivity contribution is 7.13. The second kappa shape index (κ2) is 7.27. The number of benzene rings is 2. The van der Waals surface area contributed by atoms with Crippen LogP contribution in [-0.4, -0.2) is 11.0 Å². The second-order valence-corrected chi connectivity index (χ2v) is 6.35. The van der Waals surface area contributed by atoms with E-state index in [0.29, 0.717) is 12.3 Å². The van der Waals surface area contributed by atoms with Gasteiger partial charge >= 0.3 is 0 Å². The molecule has 0 aliphatic rings. The Balaban J connectivity index is 1.64. The van der Waals surface area contributed by atoms with E-state index in [9.17, 15) is 9.90 Å². The first-order valence-electron chi connectivity index (χ1n) is 7.53. The van der Waals surface area contributed by atoms with Crippen molar-refractivity contribution < 1.29 is 14.6 Å². The summed E-state index contributed by atoms with van der Waals surface area (Å²) in [6, 6.07) is 15.9. The van der Waals surface area contributed by atoms with Gasteiger partial charge in [-0.15, -0.1) is 11.3 Å². The number of aryl methyl sites for hydroxylation is 1. The third-order valence-corrected chi connectivity index (χ3v) is 4.41. The molecule has 0 fully saturated rings. The van der Waals surface area contributed by atoms with Crippen molar-refractivity contribution in [3.8, 4) is 16.3 Å². The minimum Gasteiger partial charge on any atom is -0.550 e. The molecule has 0 radical (unpaired) electrons. The van der Waals surface area contributed by atoms with Gasteiger partial charge in [0, 0.05) is 23.3 Å². The van der Waals surface area contributed by atoms with Crippen molar-refractivity contribution in [2.24, 2.45) is 0 Å². The molecule has 0 unspecified atom stereocenters. The Morgan fingerprint density at radius 1 is 1.21 bits per heavy atom. The molecule has 0 spiro atoms. The fourth-order valence-electron chi connectivity index (χ4n) is 2.28. The lowest BCUT2D eigenvalue weighted by Gasteiger charge is -2.07. The van der Waals surface area contributed by atoms with Crippen molar-refractivity contribution in [2.45, 2.75) is 20.0 Å². The van der Waals surface area contributed by atoms with E-state index >= 15 is 0 Å². The van der Waals surface area contributed by atoms with Crippen molar-refractivity contribution in [3.63, 3.8) is 0 Å². The topological polar surface area (TPSA) is 62.2 Å². The number of carboxylic acids is 1. The molecule has 4 nitrogen and oxygen atoms in total. The van der Waals surface area contributed by atoms with Gasteiger partial charge in [-0.25, -0.2) is 4.98 Å². The first kappa shape index (κ1) is 16.2. The Bertz CT molecular complexity index is 840. The lowest BCUT2D eigenvalue weighted by atomic mass is 10.1. The molecular weight excluding hydrogens is 322 g/mol. The SMILES string of the molecule is Cc1cccc(OCc2ccc(-c3nc(CC(=O)[O-])cs3)cc2)c1. The normalized spacial score (nSPS) is 10.5. The Morgan fingerprint density at radius 2 is 2.00 bits per heavy atom. The third kappa shape index (κ3) is 4.20. The number of aromatic nitrogens is 1. The highest BCUT2D eigenvalue weighted by Gasteiger charge is 2.05. The van der Waals surface area contributed by atoms with E-state index in [2.05, 4.69) is 4.98 Å². The van der Waals surface area contributed by atoms with Gasteiger partial charge < -0.3 is 14.6 Å².